The van der Waals surface area contributed by atoms with E-state index in [2.05, 4.69) is 15.4 Å². The van der Waals surface area contributed by atoms with Crippen molar-refractivity contribution in [1.82, 2.24) is 0 Å². The molecule has 0 atom stereocenters. The number of rotatable bonds is 4. The predicted octanol–water partition coefficient (Wildman–Crippen LogP) is 4.45. The van der Waals surface area contributed by atoms with Gasteiger partial charge in [-0.2, -0.15) is 0 Å². The summed E-state index contributed by atoms with van der Waals surface area (Å²) in [6.45, 7) is 1.33. The minimum absolute atomic E-state index is 0.107. The maximum Gasteiger partial charge on any atom is 0.573 e. The Balaban J connectivity index is 2.12. The van der Waals surface area contributed by atoms with Crippen LogP contribution in [0.5, 0.6) is 5.75 Å². The van der Waals surface area contributed by atoms with Gasteiger partial charge in [-0.05, 0) is 42.5 Å². The second-order valence-corrected chi connectivity index (χ2v) is 5.31. The summed E-state index contributed by atoms with van der Waals surface area (Å²) in [6, 6.07) is 8.92. The first-order valence-corrected chi connectivity index (χ1v) is 7.26. The molecule has 2 N–H and O–H groups in total. The van der Waals surface area contributed by atoms with Gasteiger partial charge in [0.25, 0.3) is 5.91 Å². The minimum Gasteiger partial charge on any atom is -0.406 e. The molecule has 5 nitrogen and oxygen atoms in total. The molecule has 0 radical (unpaired) electrons. The first-order valence-electron chi connectivity index (χ1n) is 6.88. The molecule has 25 heavy (non-hydrogen) atoms. The first kappa shape index (κ1) is 18.6. The zero-order valence-corrected chi connectivity index (χ0v) is 13.5. The van der Waals surface area contributed by atoms with Crippen LogP contribution >= 0.6 is 11.6 Å². The van der Waals surface area contributed by atoms with E-state index < -0.39 is 18.0 Å². The highest BCUT2D eigenvalue weighted by molar-refractivity contribution is 6.34. The van der Waals surface area contributed by atoms with Gasteiger partial charge in [0.2, 0.25) is 5.91 Å². The summed E-state index contributed by atoms with van der Waals surface area (Å²) in [5, 5.41) is 5.30. The second kappa shape index (κ2) is 7.43. The molecule has 2 aromatic rings. The third-order valence-corrected chi connectivity index (χ3v) is 3.21. The molecule has 0 fully saturated rings. The molecule has 0 bridgehead atoms. The second-order valence-electron chi connectivity index (χ2n) is 4.90. The van der Waals surface area contributed by atoms with Crippen LogP contribution < -0.4 is 15.4 Å². The molecule has 0 aliphatic heterocycles. The van der Waals surface area contributed by atoms with Gasteiger partial charge in [-0.25, -0.2) is 0 Å². The monoisotopic (exact) mass is 372 g/mol. The van der Waals surface area contributed by atoms with Gasteiger partial charge >= 0.3 is 6.36 Å². The van der Waals surface area contributed by atoms with E-state index in [4.69, 9.17) is 11.6 Å². The maximum absolute atomic E-state index is 12.2. The topological polar surface area (TPSA) is 67.4 Å². The molecule has 0 aliphatic rings. The predicted molar refractivity (Wildman–Crippen MR) is 86.8 cm³/mol. The zero-order valence-electron chi connectivity index (χ0n) is 12.8. The molecule has 0 unspecified atom stereocenters. The van der Waals surface area contributed by atoms with E-state index in [9.17, 15) is 22.8 Å². The Hall–Kier alpha value is -2.74. The van der Waals surface area contributed by atoms with Crippen molar-refractivity contribution in [3.63, 3.8) is 0 Å². The highest BCUT2D eigenvalue weighted by Crippen LogP contribution is 2.27. The largest absolute Gasteiger partial charge is 0.573 e. The summed E-state index contributed by atoms with van der Waals surface area (Å²) >= 11 is 5.99. The lowest BCUT2D eigenvalue weighted by molar-refractivity contribution is -0.274. The molecule has 9 heteroatoms. The molecule has 132 valence electrons. The molecule has 0 aliphatic carbocycles. The van der Waals surface area contributed by atoms with Crippen LogP contribution in [-0.4, -0.2) is 18.2 Å². The van der Waals surface area contributed by atoms with E-state index in [1.54, 1.807) is 6.07 Å². The van der Waals surface area contributed by atoms with Gasteiger partial charge in [0.05, 0.1) is 10.7 Å². The number of alkyl halides is 3. The van der Waals surface area contributed by atoms with Crippen molar-refractivity contribution < 1.29 is 27.5 Å². The van der Waals surface area contributed by atoms with Crippen LogP contribution in [0.3, 0.4) is 0 Å². The van der Waals surface area contributed by atoms with Crippen LogP contribution in [0, 0.1) is 0 Å². The van der Waals surface area contributed by atoms with Crippen molar-refractivity contribution in [1.29, 1.82) is 0 Å². The van der Waals surface area contributed by atoms with Gasteiger partial charge in [0.1, 0.15) is 5.75 Å². The van der Waals surface area contributed by atoms with Crippen molar-refractivity contribution in [3.05, 3.63) is 53.1 Å². The Bertz CT molecular complexity index is 792. The average Bonchev–Trinajstić information content (AvgIpc) is 2.49. The lowest BCUT2D eigenvalue weighted by Gasteiger charge is -2.11. The first-order chi connectivity index (χ1) is 11.6. The summed E-state index contributed by atoms with van der Waals surface area (Å²) in [5.41, 5.74) is 0.783. The van der Waals surface area contributed by atoms with Crippen LogP contribution in [0.25, 0.3) is 0 Å². The van der Waals surface area contributed by atoms with Crippen LogP contribution in [-0.2, 0) is 4.79 Å². The number of amides is 2. The number of nitrogens with one attached hydrogen (secondary N) is 2. The third-order valence-electron chi connectivity index (χ3n) is 2.89. The fourth-order valence-corrected chi connectivity index (χ4v) is 2.07. The molecule has 0 saturated heterocycles. The number of ether oxygens (including phenoxy) is 1. The van der Waals surface area contributed by atoms with Crippen molar-refractivity contribution in [2.75, 3.05) is 10.6 Å². The highest BCUT2D eigenvalue weighted by atomic mass is 35.5. The molecule has 0 saturated carbocycles. The maximum atomic E-state index is 12.2. The standard InChI is InChI=1S/C16H12ClF3N2O3/c1-9(23)21-11-4-7-13(17)14(8-11)22-15(24)10-2-5-12(6-3-10)25-16(18,19)20/h2-8H,1H3,(H,21,23)(H,22,24). The molecule has 0 spiro atoms. The fourth-order valence-electron chi connectivity index (χ4n) is 1.90. The molecular formula is C16H12ClF3N2O3. The molecular weight excluding hydrogens is 361 g/mol. The summed E-state index contributed by atoms with van der Waals surface area (Å²) in [5.74, 6) is -1.31. The van der Waals surface area contributed by atoms with Crippen LogP contribution in [0.1, 0.15) is 17.3 Å². The number of hydrogen-bond donors (Lipinski definition) is 2. The number of carbonyl (C=O) groups is 2. The van der Waals surface area contributed by atoms with Gasteiger partial charge in [0.15, 0.2) is 0 Å². The van der Waals surface area contributed by atoms with Crippen LogP contribution in [0.15, 0.2) is 42.5 Å². The van der Waals surface area contributed by atoms with Crippen molar-refractivity contribution >= 4 is 34.8 Å². The number of halogens is 4. The van der Waals surface area contributed by atoms with Gasteiger partial charge < -0.3 is 15.4 Å². The fraction of sp³-hybridized carbons (Fsp3) is 0.125. The van der Waals surface area contributed by atoms with Gasteiger partial charge in [-0.15, -0.1) is 13.2 Å². The van der Waals surface area contributed by atoms with Crippen molar-refractivity contribution in [2.45, 2.75) is 13.3 Å². The molecule has 2 rings (SSSR count). The molecule has 2 aromatic carbocycles. The Morgan fingerprint density at radius 3 is 2.24 bits per heavy atom. The Morgan fingerprint density at radius 2 is 1.68 bits per heavy atom. The average molecular weight is 373 g/mol. The normalized spacial score (nSPS) is 10.9. The molecule has 0 aromatic heterocycles. The van der Waals surface area contributed by atoms with Crippen molar-refractivity contribution in [2.24, 2.45) is 0 Å². The molecule has 0 heterocycles. The van der Waals surface area contributed by atoms with E-state index in [-0.39, 0.29) is 22.2 Å². The third kappa shape index (κ3) is 5.68. The zero-order chi connectivity index (χ0) is 18.6. The minimum atomic E-state index is -4.80. The molecule has 2 amide bonds. The van der Waals surface area contributed by atoms with Crippen LogP contribution in [0.2, 0.25) is 5.02 Å². The Kier molecular flexibility index (Phi) is 5.53. The lowest BCUT2D eigenvalue weighted by Crippen LogP contribution is -2.17. The van der Waals surface area contributed by atoms with E-state index in [1.807, 2.05) is 0 Å². The van der Waals surface area contributed by atoms with E-state index in [0.717, 1.165) is 12.1 Å². The Morgan fingerprint density at radius 1 is 1.04 bits per heavy atom. The quantitative estimate of drug-likeness (QED) is 0.833. The van der Waals surface area contributed by atoms with E-state index in [1.165, 1.54) is 31.2 Å². The summed E-state index contributed by atoms with van der Waals surface area (Å²) < 4.78 is 40.1. The van der Waals surface area contributed by atoms with Crippen LogP contribution in [0.4, 0.5) is 24.5 Å². The number of benzene rings is 2. The van der Waals surface area contributed by atoms with E-state index >= 15 is 0 Å². The Labute approximate surface area is 145 Å². The van der Waals surface area contributed by atoms with Gasteiger partial charge in [-0.3, -0.25) is 9.59 Å². The summed E-state index contributed by atoms with van der Waals surface area (Å²) in [7, 11) is 0. The number of carbonyl (C=O) groups excluding carboxylic acids is 2. The SMILES string of the molecule is CC(=O)Nc1ccc(Cl)c(NC(=O)c2ccc(OC(F)(F)F)cc2)c1. The summed E-state index contributed by atoms with van der Waals surface area (Å²) in [6.07, 6.45) is -4.80. The number of anilines is 2. The lowest BCUT2D eigenvalue weighted by atomic mass is 10.2. The van der Waals surface area contributed by atoms with Crippen molar-refractivity contribution in [3.8, 4) is 5.75 Å². The van der Waals surface area contributed by atoms with Gasteiger partial charge in [0, 0.05) is 18.2 Å². The smallest absolute Gasteiger partial charge is 0.406 e. The van der Waals surface area contributed by atoms with E-state index in [0.29, 0.717) is 5.69 Å². The van der Waals surface area contributed by atoms with Gasteiger partial charge in [-0.1, -0.05) is 11.6 Å². The number of hydrogen-bond acceptors (Lipinski definition) is 3. The summed E-state index contributed by atoms with van der Waals surface area (Å²) in [4.78, 5) is 23.2. The highest BCUT2D eigenvalue weighted by Gasteiger charge is 2.31.